The highest BCUT2D eigenvalue weighted by Crippen LogP contribution is 2.16. The fourth-order valence-corrected chi connectivity index (χ4v) is 1.74. The van der Waals surface area contributed by atoms with Crippen molar-refractivity contribution in [2.75, 3.05) is 26.2 Å². The molecule has 0 radical (unpaired) electrons. The van der Waals surface area contributed by atoms with Crippen LogP contribution in [-0.4, -0.2) is 37.3 Å². The number of alkyl halides is 1. The first-order valence-electron chi connectivity index (χ1n) is 4.84. The summed E-state index contributed by atoms with van der Waals surface area (Å²) >= 11 is 0. The van der Waals surface area contributed by atoms with Crippen molar-refractivity contribution in [3.8, 4) is 0 Å². The van der Waals surface area contributed by atoms with Crippen LogP contribution in [0.1, 0.15) is 6.42 Å². The van der Waals surface area contributed by atoms with Gasteiger partial charge in [-0.25, -0.2) is 4.39 Å². The van der Waals surface area contributed by atoms with Gasteiger partial charge in [-0.1, -0.05) is 6.08 Å². The number of hydrogen-bond donors (Lipinski definition) is 1. The Morgan fingerprint density at radius 1 is 1.38 bits per heavy atom. The Labute approximate surface area is 78.1 Å². The molecule has 0 aromatic carbocycles. The number of allylic oxidation sites excluding steroid dienone is 3. The number of piperazine rings is 1. The zero-order valence-corrected chi connectivity index (χ0v) is 7.67. The van der Waals surface area contributed by atoms with E-state index in [1.807, 2.05) is 12.2 Å². The normalized spacial score (nSPS) is 28.8. The van der Waals surface area contributed by atoms with E-state index in [9.17, 15) is 4.39 Å². The van der Waals surface area contributed by atoms with Gasteiger partial charge in [-0.2, -0.15) is 0 Å². The van der Waals surface area contributed by atoms with E-state index in [4.69, 9.17) is 0 Å². The Morgan fingerprint density at radius 3 is 2.77 bits per heavy atom. The van der Waals surface area contributed by atoms with Crippen LogP contribution in [-0.2, 0) is 0 Å². The summed E-state index contributed by atoms with van der Waals surface area (Å²) in [6.07, 6.45) is 5.31. The highest BCUT2D eigenvalue weighted by molar-refractivity contribution is 5.23. The second-order valence-electron chi connectivity index (χ2n) is 3.48. The van der Waals surface area contributed by atoms with E-state index in [2.05, 4.69) is 10.2 Å². The van der Waals surface area contributed by atoms with Crippen molar-refractivity contribution in [2.24, 2.45) is 0 Å². The lowest BCUT2D eigenvalue weighted by atomic mass is 10.1. The molecule has 0 bridgehead atoms. The molecule has 2 aliphatic rings. The van der Waals surface area contributed by atoms with Crippen LogP contribution in [0.3, 0.4) is 0 Å². The van der Waals surface area contributed by atoms with Gasteiger partial charge in [-0.05, 0) is 12.2 Å². The summed E-state index contributed by atoms with van der Waals surface area (Å²) in [5.41, 5.74) is 1.19. The number of halogens is 1. The van der Waals surface area contributed by atoms with Crippen molar-refractivity contribution < 1.29 is 4.39 Å². The minimum Gasteiger partial charge on any atom is -0.369 e. The van der Waals surface area contributed by atoms with Crippen LogP contribution in [0.25, 0.3) is 0 Å². The summed E-state index contributed by atoms with van der Waals surface area (Å²) in [7, 11) is 0. The van der Waals surface area contributed by atoms with Crippen LogP contribution in [0.15, 0.2) is 23.9 Å². The fraction of sp³-hybridized carbons (Fsp3) is 0.600. The molecule has 2 nitrogen and oxygen atoms in total. The molecule has 13 heavy (non-hydrogen) atoms. The van der Waals surface area contributed by atoms with Gasteiger partial charge < -0.3 is 10.2 Å². The van der Waals surface area contributed by atoms with Gasteiger partial charge in [0.15, 0.2) is 0 Å². The van der Waals surface area contributed by atoms with E-state index < -0.39 is 6.17 Å². The number of nitrogens with zero attached hydrogens (tertiary/aromatic N) is 1. The van der Waals surface area contributed by atoms with Crippen LogP contribution in [0, 0.1) is 0 Å². The monoisotopic (exact) mass is 182 g/mol. The molecule has 1 fully saturated rings. The van der Waals surface area contributed by atoms with Crippen LogP contribution < -0.4 is 5.32 Å². The third kappa shape index (κ3) is 2.10. The molecule has 0 amide bonds. The van der Waals surface area contributed by atoms with Crippen molar-refractivity contribution in [2.45, 2.75) is 12.6 Å². The van der Waals surface area contributed by atoms with Crippen molar-refractivity contribution >= 4 is 0 Å². The molecular formula is C10H15FN2. The summed E-state index contributed by atoms with van der Waals surface area (Å²) in [6, 6.07) is 0. The molecular weight excluding hydrogens is 167 g/mol. The lowest BCUT2D eigenvalue weighted by Gasteiger charge is -2.31. The Bertz CT molecular complexity index is 229. The van der Waals surface area contributed by atoms with Gasteiger partial charge in [-0.3, -0.25) is 0 Å². The first-order valence-corrected chi connectivity index (χ1v) is 4.84. The summed E-state index contributed by atoms with van der Waals surface area (Å²) in [5.74, 6) is 0. The maximum absolute atomic E-state index is 12.8. The van der Waals surface area contributed by atoms with Crippen molar-refractivity contribution in [1.29, 1.82) is 0 Å². The molecule has 1 aliphatic carbocycles. The van der Waals surface area contributed by atoms with Crippen LogP contribution in [0.2, 0.25) is 0 Å². The van der Waals surface area contributed by atoms with Crippen LogP contribution >= 0.6 is 0 Å². The average molecular weight is 182 g/mol. The zero-order chi connectivity index (χ0) is 9.10. The molecule has 1 aliphatic heterocycles. The van der Waals surface area contributed by atoms with Gasteiger partial charge in [-0.15, -0.1) is 0 Å². The standard InChI is InChI=1S/C10H15FN2/c11-9-1-3-10(4-2-9)13-7-5-12-6-8-13/h1,3-4,9,12H,2,5-8H2. The zero-order valence-electron chi connectivity index (χ0n) is 7.67. The summed E-state index contributed by atoms with van der Waals surface area (Å²) < 4.78 is 12.8. The Hall–Kier alpha value is -0.830. The Morgan fingerprint density at radius 2 is 2.15 bits per heavy atom. The minimum absolute atomic E-state index is 0.537. The average Bonchev–Trinajstić information content (AvgIpc) is 2.20. The van der Waals surface area contributed by atoms with Gasteiger partial charge >= 0.3 is 0 Å². The summed E-state index contributed by atoms with van der Waals surface area (Å²) in [4.78, 5) is 2.30. The minimum atomic E-state index is -0.772. The van der Waals surface area contributed by atoms with Gasteiger partial charge in [0.2, 0.25) is 0 Å². The molecule has 1 unspecified atom stereocenters. The lowest BCUT2D eigenvalue weighted by Crippen LogP contribution is -2.42. The lowest BCUT2D eigenvalue weighted by molar-refractivity contribution is 0.301. The molecule has 1 atom stereocenters. The highest BCUT2D eigenvalue weighted by atomic mass is 19.1. The van der Waals surface area contributed by atoms with Crippen molar-refractivity contribution in [1.82, 2.24) is 10.2 Å². The highest BCUT2D eigenvalue weighted by Gasteiger charge is 2.14. The van der Waals surface area contributed by atoms with Crippen LogP contribution in [0.4, 0.5) is 4.39 Å². The van der Waals surface area contributed by atoms with E-state index in [1.54, 1.807) is 6.08 Å². The van der Waals surface area contributed by atoms with Gasteiger partial charge in [0.25, 0.3) is 0 Å². The maximum atomic E-state index is 12.8. The number of hydrogen-bond acceptors (Lipinski definition) is 2. The SMILES string of the molecule is FC1C=CC(N2CCNCC2)=CC1. The third-order valence-electron chi connectivity index (χ3n) is 2.51. The van der Waals surface area contributed by atoms with Crippen LogP contribution in [0.5, 0.6) is 0 Å². The molecule has 1 saturated heterocycles. The van der Waals surface area contributed by atoms with E-state index in [0.29, 0.717) is 6.42 Å². The van der Waals surface area contributed by atoms with E-state index >= 15 is 0 Å². The van der Waals surface area contributed by atoms with E-state index in [0.717, 1.165) is 26.2 Å². The second-order valence-corrected chi connectivity index (χ2v) is 3.48. The predicted octanol–water partition coefficient (Wildman–Crippen LogP) is 1.07. The summed E-state index contributed by atoms with van der Waals surface area (Å²) in [5, 5.41) is 3.30. The molecule has 1 heterocycles. The molecule has 0 saturated carbocycles. The predicted molar refractivity (Wildman–Crippen MR) is 51.2 cm³/mol. The summed E-state index contributed by atoms with van der Waals surface area (Å²) in [6.45, 7) is 4.13. The van der Waals surface area contributed by atoms with Gasteiger partial charge in [0.1, 0.15) is 6.17 Å². The number of rotatable bonds is 1. The molecule has 2 rings (SSSR count). The van der Waals surface area contributed by atoms with Gasteiger partial charge in [0.05, 0.1) is 0 Å². The molecule has 0 spiro atoms. The first-order chi connectivity index (χ1) is 6.36. The fourth-order valence-electron chi connectivity index (χ4n) is 1.74. The molecule has 3 heteroatoms. The second kappa shape index (κ2) is 3.92. The van der Waals surface area contributed by atoms with Crippen molar-refractivity contribution in [3.63, 3.8) is 0 Å². The topological polar surface area (TPSA) is 15.3 Å². The number of nitrogens with one attached hydrogen (secondary N) is 1. The van der Waals surface area contributed by atoms with E-state index in [1.165, 1.54) is 5.70 Å². The third-order valence-corrected chi connectivity index (χ3v) is 2.51. The quantitative estimate of drug-likeness (QED) is 0.652. The molecule has 1 N–H and O–H groups in total. The molecule has 0 aromatic rings. The smallest absolute Gasteiger partial charge is 0.122 e. The maximum Gasteiger partial charge on any atom is 0.122 e. The molecule has 0 aromatic heterocycles. The Kier molecular flexibility index (Phi) is 2.64. The van der Waals surface area contributed by atoms with E-state index in [-0.39, 0.29) is 0 Å². The first kappa shape index (κ1) is 8.75. The molecule has 72 valence electrons. The van der Waals surface area contributed by atoms with Crippen molar-refractivity contribution in [3.05, 3.63) is 23.9 Å². The van der Waals surface area contributed by atoms with Gasteiger partial charge in [0, 0.05) is 38.3 Å². The Balaban J connectivity index is 1.96. The largest absolute Gasteiger partial charge is 0.369 e.